The van der Waals surface area contributed by atoms with Crippen molar-refractivity contribution in [2.24, 2.45) is 0 Å². The monoisotopic (exact) mass is 800 g/mol. The van der Waals surface area contributed by atoms with Crippen LogP contribution < -0.4 is 17.0 Å². The van der Waals surface area contributed by atoms with Gasteiger partial charge >= 0.3 is 0 Å². The van der Waals surface area contributed by atoms with E-state index in [0.717, 1.165) is 25.5 Å². The number of halogens is 1. The van der Waals surface area contributed by atoms with Crippen molar-refractivity contribution in [1.29, 1.82) is 0 Å². The van der Waals surface area contributed by atoms with Gasteiger partial charge in [-0.25, -0.2) is 0 Å². The average Bonchev–Trinajstić information content (AvgIpc) is 3.15. The summed E-state index contributed by atoms with van der Waals surface area (Å²) in [5.74, 6) is 0. The molecule has 0 aromatic rings. The van der Waals surface area contributed by atoms with E-state index in [-0.39, 0.29) is 17.0 Å². The predicted octanol–water partition coefficient (Wildman–Crippen LogP) is 14.8. The van der Waals surface area contributed by atoms with E-state index < -0.39 is 0 Å². The van der Waals surface area contributed by atoms with Gasteiger partial charge < -0.3 is 26.9 Å². The molecule has 0 aliphatic rings. The van der Waals surface area contributed by atoms with Gasteiger partial charge in [0.05, 0.1) is 0 Å². The Kier molecular flexibility index (Phi) is 80.2. The number of aliphatic hydroxyl groups is 1. The molecule has 3 heteroatoms. The lowest BCUT2D eigenvalue weighted by molar-refractivity contribution is -0.107. The summed E-state index contributed by atoms with van der Waals surface area (Å²) in [7, 11) is 0. The van der Waals surface area contributed by atoms with Gasteiger partial charge in [0.15, 0.2) is 0 Å². The number of rotatable bonds is 37. The van der Waals surface area contributed by atoms with Gasteiger partial charge in [0.2, 0.25) is 0 Å². The van der Waals surface area contributed by atoms with Crippen molar-refractivity contribution in [1.82, 2.24) is 0 Å². The zero-order valence-corrected chi connectivity index (χ0v) is 38.6. The molecule has 0 bridgehead atoms. The molecule has 0 rings (SSSR count). The molecule has 0 aliphatic carbocycles. The molecule has 0 amide bonds. The van der Waals surface area contributed by atoms with E-state index in [1.807, 2.05) is 0 Å². The maximum absolute atomic E-state index is 9.98. The Morgan fingerprint density at radius 2 is 0.500 bits per heavy atom. The number of aldehydes is 1. The zero-order valence-electron chi connectivity index (χ0n) is 37.0. The van der Waals surface area contributed by atoms with Gasteiger partial charge in [0.1, 0.15) is 6.29 Å². The summed E-state index contributed by atoms with van der Waals surface area (Å²) in [5, 5.41) is 8.64. The molecule has 0 atom stereocenters. The molecule has 0 aliphatic heterocycles. The van der Waals surface area contributed by atoms with Gasteiger partial charge in [-0.05, 0) is 51.4 Å². The summed E-state index contributed by atoms with van der Waals surface area (Å²) >= 11 is 0. The predicted molar refractivity (Wildman–Crippen MR) is 236 cm³/mol. The quantitative estimate of drug-likeness (QED) is 0.0386. The summed E-state index contributed by atoms with van der Waals surface area (Å²) in [4.78, 5) is 9.98. The molecular weight excluding hydrogens is 700 g/mol. The van der Waals surface area contributed by atoms with Crippen molar-refractivity contribution in [2.75, 3.05) is 6.61 Å². The normalized spacial score (nSPS) is 10.6. The average molecular weight is 801 g/mol. The van der Waals surface area contributed by atoms with Gasteiger partial charge in [0, 0.05) is 13.0 Å². The summed E-state index contributed by atoms with van der Waals surface area (Å²) in [5.41, 5.74) is 0. The fourth-order valence-corrected chi connectivity index (χ4v) is 5.81. The number of hydrogen-bond acceptors (Lipinski definition) is 2. The molecule has 0 unspecified atom stereocenters. The molecule has 0 saturated heterocycles. The first-order valence-corrected chi connectivity index (χ1v) is 23.5. The highest BCUT2D eigenvalue weighted by atomic mass is 79.9. The minimum absolute atomic E-state index is 0. The minimum atomic E-state index is 0. The van der Waals surface area contributed by atoms with Crippen LogP contribution in [0.4, 0.5) is 0 Å². The molecule has 52 heavy (non-hydrogen) atoms. The fourth-order valence-electron chi connectivity index (χ4n) is 5.81. The van der Waals surface area contributed by atoms with E-state index >= 15 is 0 Å². The van der Waals surface area contributed by atoms with E-state index in [0.29, 0.717) is 6.61 Å². The summed E-state index contributed by atoms with van der Waals surface area (Å²) in [6.45, 7) is 13.9. The molecule has 2 nitrogen and oxygen atoms in total. The smallest absolute Gasteiger partial charge is 0.119 e. The van der Waals surface area contributed by atoms with E-state index in [1.165, 1.54) is 218 Å². The first-order chi connectivity index (χ1) is 25.2. The molecule has 0 saturated carbocycles. The summed E-state index contributed by atoms with van der Waals surface area (Å²) in [6, 6.07) is 0. The van der Waals surface area contributed by atoms with Crippen LogP contribution in [0.25, 0.3) is 0 Å². The van der Waals surface area contributed by atoms with Crippen LogP contribution in [0.1, 0.15) is 279 Å². The Labute approximate surface area is 341 Å². The third kappa shape index (κ3) is 78.6. The molecule has 0 aromatic heterocycles. The van der Waals surface area contributed by atoms with Gasteiger partial charge in [-0.15, -0.1) is 0 Å². The van der Waals surface area contributed by atoms with Crippen molar-refractivity contribution >= 4 is 6.29 Å². The summed E-state index contributed by atoms with van der Waals surface area (Å²) in [6.07, 6.45) is 59.5. The van der Waals surface area contributed by atoms with Gasteiger partial charge in [-0.2, -0.15) is 0 Å². The van der Waals surface area contributed by atoms with Crippen LogP contribution in [0.2, 0.25) is 0 Å². The molecule has 0 radical (unpaired) electrons. The van der Waals surface area contributed by atoms with E-state index in [4.69, 9.17) is 5.11 Å². The number of unbranched alkanes of at least 4 members (excludes halogenated alkanes) is 31. The van der Waals surface area contributed by atoms with Crippen LogP contribution in [0.3, 0.4) is 0 Å². The van der Waals surface area contributed by atoms with Crippen LogP contribution >= 0.6 is 0 Å². The molecule has 0 heterocycles. The van der Waals surface area contributed by atoms with Gasteiger partial charge in [0.25, 0.3) is 0 Å². The van der Waals surface area contributed by atoms with E-state index in [2.05, 4.69) is 65.8 Å². The Hall–Kier alpha value is -0.410. The lowest BCUT2D eigenvalue weighted by Crippen LogP contribution is -3.00. The van der Waals surface area contributed by atoms with Crippen LogP contribution in [0.15, 0.2) is 24.3 Å². The lowest BCUT2D eigenvalue weighted by atomic mass is 10.1. The number of allylic oxidation sites excluding steroid dienone is 4. The van der Waals surface area contributed by atoms with Crippen LogP contribution in [-0.4, -0.2) is 18.0 Å². The fraction of sp³-hybridized carbons (Fsp3) is 0.898. The highest BCUT2D eigenvalue weighted by molar-refractivity contribution is 5.48. The molecule has 0 aromatic carbocycles. The number of hydrogen-bond donors (Lipinski definition) is 1. The summed E-state index contributed by atoms with van der Waals surface area (Å²) < 4.78 is 0. The Balaban J connectivity index is -0.000000197. The first kappa shape index (κ1) is 60.8. The zero-order chi connectivity index (χ0) is 38.4. The molecule has 0 fully saturated rings. The van der Waals surface area contributed by atoms with Crippen molar-refractivity contribution in [3.63, 3.8) is 0 Å². The maximum Gasteiger partial charge on any atom is 0.119 e. The topological polar surface area (TPSA) is 37.3 Å². The highest BCUT2D eigenvalue weighted by Gasteiger charge is 1.93. The van der Waals surface area contributed by atoms with Gasteiger partial charge in [-0.3, -0.25) is 0 Å². The van der Waals surface area contributed by atoms with Crippen LogP contribution in [-0.2, 0) is 4.79 Å². The Morgan fingerprint density at radius 1 is 0.288 bits per heavy atom. The maximum atomic E-state index is 9.98. The Bertz CT molecular complexity index is 584. The molecule has 0 spiro atoms. The Morgan fingerprint density at radius 3 is 0.769 bits per heavy atom. The van der Waals surface area contributed by atoms with Crippen LogP contribution in [0, 0.1) is 0 Å². The molecular formula is C49H100BrO2-. The van der Waals surface area contributed by atoms with Crippen molar-refractivity contribution in [3.8, 4) is 0 Å². The highest BCUT2D eigenvalue weighted by Crippen LogP contribution is 2.12. The first-order valence-electron chi connectivity index (χ1n) is 23.5. The number of carbonyl (C=O) groups excluding carboxylic acids is 1. The second-order valence-electron chi connectivity index (χ2n) is 15.0. The third-order valence-electron chi connectivity index (χ3n) is 9.42. The molecule has 316 valence electrons. The van der Waals surface area contributed by atoms with Crippen molar-refractivity contribution in [3.05, 3.63) is 24.3 Å². The van der Waals surface area contributed by atoms with E-state index in [1.54, 1.807) is 0 Å². The van der Waals surface area contributed by atoms with Crippen molar-refractivity contribution < 1.29 is 26.9 Å². The van der Waals surface area contributed by atoms with Crippen LogP contribution in [0.5, 0.6) is 0 Å². The third-order valence-corrected chi connectivity index (χ3v) is 9.42. The lowest BCUT2D eigenvalue weighted by Gasteiger charge is -2.00. The number of carbonyl (C=O) groups is 1. The standard InChI is InChI=1S/C16H32O.C16H32.C11H22O.C6H14.BrH/c1-2-3-4-5-6-7-8-9-10-11-12-13-14-15-16-17;1-3-5-7-9-11-13-15-16-14-12-10-8-6-4-2;1-2-3-4-5-6-7-8-9-10-11-12;1-3-5-6-4-2;/h5-6,17H,2-4,7-16H2,1H3;9,11H,3-8,10,12-16H2,1-2H3;11H,2-10H2,1H3;3-6H2,1-2H3;1H/p-1/b6-5-;11-9-;;;. The van der Waals surface area contributed by atoms with Crippen molar-refractivity contribution in [2.45, 2.75) is 279 Å². The van der Waals surface area contributed by atoms with E-state index in [9.17, 15) is 4.79 Å². The number of aliphatic hydroxyl groups excluding tert-OH is 1. The SMILES string of the molecule is CCCC/C=C\CCCCCCCCCC.CCCC/C=C\CCCCCCCCCCO.CCCCCC.CCCCCCCCCCC=O.[Br-]. The minimum Gasteiger partial charge on any atom is -1.00 e. The largest absolute Gasteiger partial charge is 1.00 e. The second kappa shape index (κ2) is 68.6. The van der Waals surface area contributed by atoms with Gasteiger partial charge in [-0.1, -0.05) is 246 Å². The second-order valence-corrected chi connectivity index (χ2v) is 15.0. The molecule has 1 N–H and O–H groups in total.